The third kappa shape index (κ3) is 2.08. The Labute approximate surface area is 107 Å². The van der Waals surface area contributed by atoms with E-state index in [0.717, 1.165) is 11.0 Å². The van der Waals surface area contributed by atoms with Gasteiger partial charge in [0.1, 0.15) is 11.9 Å². The Hall–Kier alpha value is -2.28. The molecule has 1 aliphatic rings. The highest BCUT2D eigenvalue weighted by Gasteiger charge is 2.38. The SMILES string of the molecule is Cc1cc(F)cc2c1N(CC(N)C(=O)O)C(=O)C2=O. The summed E-state index contributed by atoms with van der Waals surface area (Å²) < 4.78 is 13.2. The van der Waals surface area contributed by atoms with Crippen molar-refractivity contribution in [1.82, 2.24) is 0 Å². The van der Waals surface area contributed by atoms with Crippen molar-refractivity contribution in [3.63, 3.8) is 0 Å². The minimum atomic E-state index is -1.31. The van der Waals surface area contributed by atoms with Crippen LogP contribution < -0.4 is 10.6 Å². The highest BCUT2D eigenvalue weighted by atomic mass is 19.1. The van der Waals surface area contributed by atoms with E-state index < -0.39 is 29.5 Å². The smallest absolute Gasteiger partial charge is 0.322 e. The molecule has 0 radical (unpaired) electrons. The fraction of sp³-hybridized carbons (Fsp3) is 0.250. The number of anilines is 1. The van der Waals surface area contributed by atoms with E-state index in [9.17, 15) is 18.8 Å². The highest BCUT2D eigenvalue weighted by molar-refractivity contribution is 6.52. The fourth-order valence-electron chi connectivity index (χ4n) is 2.06. The van der Waals surface area contributed by atoms with Gasteiger partial charge in [-0.3, -0.25) is 14.4 Å². The number of amides is 1. The molecule has 0 spiro atoms. The summed E-state index contributed by atoms with van der Waals surface area (Å²) in [4.78, 5) is 35.2. The van der Waals surface area contributed by atoms with Crippen molar-refractivity contribution >= 4 is 23.3 Å². The molecule has 1 atom stereocenters. The lowest BCUT2D eigenvalue weighted by molar-refractivity contribution is -0.138. The first-order valence-corrected chi connectivity index (χ1v) is 5.47. The van der Waals surface area contributed by atoms with E-state index in [0.29, 0.717) is 5.56 Å². The number of fused-ring (bicyclic) bond motifs is 1. The number of carboxylic acid groups (broad SMARTS) is 1. The number of aryl methyl sites for hydroxylation is 1. The van der Waals surface area contributed by atoms with Gasteiger partial charge in [-0.2, -0.15) is 0 Å². The minimum absolute atomic E-state index is 0.0555. The Kier molecular flexibility index (Phi) is 3.07. The molecule has 100 valence electrons. The molecule has 0 saturated heterocycles. The number of nitrogens with two attached hydrogens (primary N) is 1. The summed E-state index contributed by atoms with van der Waals surface area (Å²) in [6.45, 7) is 1.20. The number of ketones is 1. The molecule has 1 aliphatic heterocycles. The van der Waals surface area contributed by atoms with Gasteiger partial charge in [0.2, 0.25) is 0 Å². The number of carboxylic acids is 1. The average molecular weight is 266 g/mol. The first-order valence-electron chi connectivity index (χ1n) is 5.47. The second-order valence-electron chi connectivity index (χ2n) is 4.31. The summed E-state index contributed by atoms with van der Waals surface area (Å²) in [6.07, 6.45) is 0. The summed E-state index contributed by atoms with van der Waals surface area (Å²) >= 11 is 0. The maximum atomic E-state index is 13.2. The number of hydrogen-bond donors (Lipinski definition) is 2. The molecule has 0 saturated carbocycles. The topological polar surface area (TPSA) is 101 Å². The van der Waals surface area contributed by atoms with E-state index in [4.69, 9.17) is 10.8 Å². The van der Waals surface area contributed by atoms with Crippen LogP contribution in [-0.2, 0) is 9.59 Å². The molecule has 1 heterocycles. The summed E-state index contributed by atoms with van der Waals surface area (Å²) in [6, 6.07) is 0.825. The maximum Gasteiger partial charge on any atom is 0.322 e. The quantitative estimate of drug-likeness (QED) is 0.754. The standard InChI is InChI=1S/C12H11FN2O4/c1-5-2-6(13)3-7-9(5)15(11(17)10(7)16)4-8(14)12(18)19/h2-3,8H,4,14H2,1H3,(H,18,19). The third-order valence-corrected chi connectivity index (χ3v) is 2.92. The van der Waals surface area contributed by atoms with Gasteiger partial charge in [0.25, 0.3) is 11.7 Å². The van der Waals surface area contributed by atoms with E-state index in [2.05, 4.69) is 0 Å². The van der Waals surface area contributed by atoms with Gasteiger partial charge in [-0.25, -0.2) is 4.39 Å². The number of halogens is 1. The second kappa shape index (κ2) is 4.43. The van der Waals surface area contributed by atoms with E-state index >= 15 is 0 Å². The van der Waals surface area contributed by atoms with Crippen LogP contribution in [0.25, 0.3) is 0 Å². The normalized spacial score (nSPS) is 15.6. The molecule has 1 aromatic carbocycles. The molecule has 6 nitrogen and oxygen atoms in total. The summed E-state index contributed by atoms with van der Waals surface area (Å²) in [5, 5.41) is 8.75. The highest BCUT2D eigenvalue weighted by Crippen LogP contribution is 2.33. The Balaban J connectivity index is 2.47. The molecule has 1 aromatic rings. The Bertz CT molecular complexity index is 600. The summed E-state index contributed by atoms with van der Waals surface area (Å²) in [5.74, 6) is -3.65. The van der Waals surface area contributed by atoms with E-state index in [1.807, 2.05) is 0 Å². The number of rotatable bonds is 3. The number of Topliss-reactive ketones (excluding diaryl/α,β-unsaturated/α-hetero) is 1. The Morgan fingerprint density at radius 2 is 2.11 bits per heavy atom. The van der Waals surface area contributed by atoms with Gasteiger partial charge >= 0.3 is 5.97 Å². The molecule has 2 rings (SSSR count). The molecule has 0 fully saturated rings. The number of carbonyl (C=O) groups excluding carboxylic acids is 2. The molecule has 3 N–H and O–H groups in total. The van der Waals surface area contributed by atoms with E-state index in [-0.39, 0.29) is 17.8 Å². The largest absolute Gasteiger partial charge is 0.480 e. The van der Waals surface area contributed by atoms with Crippen LogP contribution in [0.3, 0.4) is 0 Å². The van der Waals surface area contributed by atoms with Crippen LogP contribution >= 0.6 is 0 Å². The van der Waals surface area contributed by atoms with Crippen LogP contribution in [0, 0.1) is 12.7 Å². The molecular formula is C12H11FN2O4. The zero-order chi connectivity index (χ0) is 14.3. The van der Waals surface area contributed by atoms with E-state index in [1.165, 1.54) is 13.0 Å². The van der Waals surface area contributed by atoms with Crippen LogP contribution in [0.1, 0.15) is 15.9 Å². The first kappa shape index (κ1) is 13.2. The fourth-order valence-corrected chi connectivity index (χ4v) is 2.06. The molecule has 0 aromatic heterocycles. The van der Waals surface area contributed by atoms with Crippen LogP contribution in [0.15, 0.2) is 12.1 Å². The van der Waals surface area contributed by atoms with Crippen LogP contribution in [0.4, 0.5) is 10.1 Å². The molecule has 7 heteroatoms. The lowest BCUT2D eigenvalue weighted by Crippen LogP contribution is -2.45. The zero-order valence-corrected chi connectivity index (χ0v) is 10.0. The van der Waals surface area contributed by atoms with Crippen molar-refractivity contribution in [2.24, 2.45) is 5.73 Å². The zero-order valence-electron chi connectivity index (χ0n) is 10.0. The van der Waals surface area contributed by atoms with Crippen LogP contribution in [0.2, 0.25) is 0 Å². The van der Waals surface area contributed by atoms with E-state index in [1.54, 1.807) is 0 Å². The number of hydrogen-bond acceptors (Lipinski definition) is 4. The van der Waals surface area contributed by atoms with Crippen molar-refractivity contribution in [3.05, 3.63) is 29.1 Å². The number of benzene rings is 1. The second-order valence-corrected chi connectivity index (χ2v) is 4.31. The molecular weight excluding hydrogens is 255 g/mol. The molecule has 0 bridgehead atoms. The van der Waals surface area contributed by atoms with Crippen molar-refractivity contribution < 1.29 is 23.9 Å². The molecule has 19 heavy (non-hydrogen) atoms. The summed E-state index contributed by atoms with van der Waals surface area (Å²) in [5.41, 5.74) is 5.92. The minimum Gasteiger partial charge on any atom is -0.480 e. The van der Waals surface area contributed by atoms with Crippen LogP contribution in [0.5, 0.6) is 0 Å². The van der Waals surface area contributed by atoms with Gasteiger partial charge in [-0.05, 0) is 24.6 Å². The first-order chi connectivity index (χ1) is 8.82. The Morgan fingerprint density at radius 3 is 2.68 bits per heavy atom. The van der Waals surface area contributed by atoms with Crippen molar-refractivity contribution in [2.45, 2.75) is 13.0 Å². The Morgan fingerprint density at radius 1 is 1.47 bits per heavy atom. The maximum absolute atomic E-state index is 13.2. The van der Waals surface area contributed by atoms with Crippen molar-refractivity contribution in [1.29, 1.82) is 0 Å². The predicted molar refractivity (Wildman–Crippen MR) is 63.4 cm³/mol. The van der Waals surface area contributed by atoms with Gasteiger partial charge in [0, 0.05) is 0 Å². The monoisotopic (exact) mass is 266 g/mol. The van der Waals surface area contributed by atoms with Gasteiger partial charge in [-0.1, -0.05) is 0 Å². The molecule has 1 unspecified atom stereocenters. The van der Waals surface area contributed by atoms with Crippen molar-refractivity contribution in [3.8, 4) is 0 Å². The average Bonchev–Trinajstić information content (AvgIpc) is 2.54. The van der Waals surface area contributed by atoms with Crippen molar-refractivity contribution in [2.75, 3.05) is 11.4 Å². The third-order valence-electron chi connectivity index (χ3n) is 2.92. The number of aliphatic carboxylic acids is 1. The van der Waals surface area contributed by atoms with Gasteiger partial charge in [0.05, 0.1) is 17.8 Å². The number of carbonyl (C=O) groups is 3. The van der Waals surface area contributed by atoms with Crippen LogP contribution in [-0.4, -0.2) is 35.4 Å². The van der Waals surface area contributed by atoms with Gasteiger partial charge < -0.3 is 15.7 Å². The van der Waals surface area contributed by atoms with Gasteiger partial charge in [0.15, 0.2) is 0 Å². The lowest BCUT2D eigenvalue weighted by atomic mass is 10.1. The number of nitrogens with zero attached hydrogens (tertiary/aromatic N) is 1. The lowest BCUT2D eigenvalue weighted by Gasteiger charge is -2.20. The molecule has 1 amide bonds. The summed E-state index contributed by atoms with van der Waals surface area (Å²) in [7, 11) is 0. The van der Waals surface area contributed by atoms with Gasteiger partial charge in [-0.15, -0.1) is 0 Å². The predicted octanol–water partition coefficient (Wildman–Crippen LogP) is 0.0753. The molecule has 0 aliphatic carbocycles.